The molecule has 2 rings (SSSR count). The van der Waals surface area contributed by atoms with Gasteiger partial charge in [-0.15, -0.1) is 0 Å². The third kappa shape index (κ3) is 3.03. The van der Waals surface area contributed by atoms with Gasteiger partial charge in [-0.25, -0.2) is 0 Å². The molecule has 1 aliphatic heterocycles. The summed E-state index contributed by atoms with van der Waals surface area (Å²) in [5.41, 5.74) is 8.61. The molecule has 100 valence electrons. The van der Waals surface area contributed by atoms with E-state index in [-0.39, 0.29) is 6.04 Å². The van der Waals surface area contributed by atoms with Crippen molar-refractivity contribution < 1.29 is 0 Å². The van der Waals surface area contributed by atoms with Crippen LogP contribution in [0.1, 0.15) is 31.9 Å². The van der Waals surface area contributed by atoms with Crippen molar-refractivity contribution in [3.8, 4) is 0 Å². The maximum absolute atomic E-state index is 6.04. The first-order valence-electron chi connectivity index (χ1n) is 7.07. The lowest BCUT2D eigenvalue weighted by Crippen LogP contribution is -2.46. The largest absolute Gasteiger partial charge is 0.369 e. The number of nitrogens with zero attached hydrogens (tertiary/aromatic N) is 2. The molecular weight excluding hydrogens is 222 g/mol. The zero-order valence-corrected chi connectivity index (χ0v) is 11.6. The van der Waals surface area contributed by atoms with Crippen molar-refractivity contribution in [1.82, 2.24) is 4.90 Å². The summed E-state index contributed by atoms with van der Waals surface area (Å²) in [6.07, 6.45) is 0.995. The van der Waals surface area contributed by atoms with Gasteiger partial charge in [0.25, 0.3) is 0 Å². The summed E-state index contributed by atoms with van der Waals surface area (Å²) in [4.78, 5) is 4.96. The van der Waals surface area contributed by atoms with Gasteiger partial charge in [0.05, 0.1) is 0 Å². The Kier molecular flexibility index (Phi) is 4.61. The molecule has 0 unspecified atom stereocenters. The topological polar surface area (TPSA) is 32.5 Å². The Morgan fingerprint density at radius 2 is 1.67 bits per heavy atom. The second kappa shape index (κ2) is 6.21. The summed E-state index contributed by atoms with van der Waals surface area (Å²) < 4.78 is 0. The summed E-state index contributed by atoms with van der Waals surface area (Å²) in [5.74, 6) is 0. The second-order valence-electron chi connectivity index (χ2n) is 5.03. The van der Waals surface area contributed by atoms with Gasteiger partial charge in [0.2, 0.25) is 0 Å². The fraction of sp³-hybridized carbons (Fsp3) is 0.600. The molecule has 18 heavy (non-hydrogen) atoms. The molecule has 0 saturated carbocycles. The smallest absolute Gasteiger partial charge is 0.0367 e. The monoisotopic (exact) mass is 247 g/mol. The zero-order valence-electron chi connectivity index (χ0n) is 11.6. The molecule has 0 amide bonds. The van der Waals surface area contributed by atoms with E-state index < -0.39 is 0 Å². The summed E-state index contributed by atoms with van der Waals surface area (Å²) in [5, 5.41) is 0. The number of likely N-dealkylation sites (N-methyl/N-ethyl adjacent to an activating group) is 1. The maximum Gasteiger partial charge on any atom is 0.0367 e. The third-order valence-corrected chi connectivity index (χ3v) is 3.95. The van der Waals surface area contributed by atoms with Gasteiger partial charge in [0.15, 0.2) is 0 Å². The van der Waals surface area contributed by atoms with Gasteiger partial charge in [0.1, 0.15) is 0 Å². The van der Waals surface area contributed by atoms with Crippen LogP contribution in [0, 0.1) is 0 Å². The predicted molar refractivity (Wildman–Crippen MR) is 78.0 cm³/mol. The maximum atomic E-state index is 6.04. The summed E-state index contributed by atoms with van der Waals surface area (Å²) in [6, 6.07) is 8.96. The Balaban J connectivity index is 1.98. The average Bonchev–Trinajstić information content (AvgIpc) is 2.47. The van der Waals surface area contributed by atoms with Crippen LogP contribution >= 0.6 is 0 Å². The fourth-order valence-corrected chi connectivity index (χ4v) is 2.49. The SMILES string of the molecule is CC[C@@H](N)c1ccc(N2CCN(CC)CC2)cc1. The van der Waals surface area contributed by atoms with E-state index in [2.05, 4.69) is 47.9 Å². The van der Waals surface area contributed by atoms with E-state index in [0.29, 0.717) is 0 Å². The van der Waals surface area contributed by atoms with Crippen molar-refractivity contribution in [2.75, 3.05) is 37.6 Å². The minimum atomic E-state index is 0.177. The fourth-order valence-electron chi connectivity index (χ4n) is 2.49. The van der Waals surface area contributed by atoms with E-state index in [1.54, 1.807) is 0 Å². The van der Waals surface area contributed by atoms with Crippen LogP contribution in [-0.4, -0.2) is 37.6 Å². The lowest BCUT2D eigenvalue weighted by Gasteiger charge is -2.35. The first-order chi connectivity index (χ1) is 8.74. The number of benzene rings is 1. The molecule has 0 bridgehead atoms. The summed E-state index contributed by atoms with van der Waals surface area (Å²) in [6.45, 7) is 10.1. The van der Waals surface area contributed by atoms with Gasteiger partial charge in [-0.3, -0.25) is 0 Å². The Bertz CT molecular complexity index is 353. The van der Waals surface area contributed by atoms with E-state index in [9.17, 15) is 0 Å². The van der Waals surface area contributed by atoms with Gasteiger partial charge in [-0.1, -0.05) is 26.0 Å². The van der Waals surface area contributed by atoms with Crippen LogP contribution in [0.3, 0.4) is 0 Å². The lowest BCUT2D eigenvalue weighted by atomic mass is 10.0. The van der Waals surface area contributed by atoms with Crippen LogP contribution in [0.2, 0.25) is 0 Å². The number of anilines is 1. The molecular formula is C15H25N3. The third-order valence-electron chi connectivity index (χ3n) is 3.95. The first-order valence-corrected chi connectivity index (χ1v) is 7.07. The predicted octanol–water partition coefficient (Wildman–Crippen LogP) is 2.24. The van der Waals surface area contributed by atoms with Gasteiger partial charge in [0, 0.05) is 37.9 Å². The highest BCUT2D eigenvalue weighted by Crippen LogP contribution is 2.20. The second-order valence-corrected chi connectivity index (χ2v) is 5.03. The number of hydrogen-bond acceptors (Lipinski definition) is 3. The molecule has 1 aromatic carbocycles. The molecule has 1 fully saturated rings. The molecule has 1 saturated heterocycles. The molecule has 0 aromatic heterocycles. The highest BCUT2D eigenvalue weighted by atomic mass is 15.3. The standard InChI is InChI=1S/C15H25N3/c1-3-15(16)13-5-7-14(8-6-13)18-11-9-17(4-2)10-12-18/h5-8,15H,3-4,9-12,16H2,1-2H3/t15-/m1/s1. The van der Waals surface area contributed by atoms with Crippen molar-refractivity contribution in [2.45, 2.75) is 26.3 Å². The minimum absolute atomic E-state index is 0.177. The number of piperazine rings is 1. The lowest BCUT2D eigenvalue weighted by molar-refractivity contribution is 0.271. The van der Waals surface area contributed by atoms with Crippen LogP contribution in [0.15, 0.2) is 24.3 Å². The van der Waals surface area contributed by atoms with E-state index in [1.807, 2.05) is 0 Å². The van der Waals surface area contributed by atoms with Crippen molar-refractivity contribution >= 4 is 5.69 Å². The van der Waals surface area contributed by atoms with E-state index in [1.165, 1.54) is 24.3 Å². The van der Waals surface area contributed by atoms with E-state index >= 15 is 0 Å². The van der Waals surface area contributed by atoms with Crippen molar-refractivity contribution in [3.63, 3.8) is 0 Å². The van der Waals surface area contributed by atoms with Crippen LogP contribution in [-0.2, 0) is 0 Å². The highest BCUT2D eigenvalue weighted by Gasteiger charge is 2.15. The molecule has 3 nitrogen and oxygen atoms in total. The van der Waals surface area contributed by atoms with Crippen molar-refractivity contribution in [3.05, 3.63) is 29.8 Å². The van der Waals surface area contributed by atoms with Crippen LogP contribution in [0.5, 0.6) is 0 Å². The molecule has 1 heterocycles. The Labute approximate surface area is 111 Å². The number of nitrogens with two attached hydrogens (primary N) is 1. The van der Waals surface area contributed by atoms with Crippen LogP contribution in [0.25, 0.3) is 0 Å². The Hall–Kier alpha value is -1.06. The molecule has 3 heteroatoms. The minimum Gasteiger partial charge on any atom is -0.369 e. The summed E-state index contributed by atoms with van der Waals surface area (Å²) in [7, 11) is 0. The molecule has 1 aromatic rings. The highest BCUT2D eigenvalue weighted by molar-refractivity contribution is 5.48. The average molecular weight is 247 g/mol. The molecule has 2 N–H and O–H groups in total. The van der Waals surface area contributed by atoms with Crippen molar-refractivity contribution in [2.24, 2.45) is 5.73 Å². The molecule has 0 aliphatic carbocycles. The van der Waals surface area contributed by atoms with E-state index in [0.717, 1.165) is 26.1 Å². The van der Waals surface area contributed by atoms with Crippen molar-refractivity contribution in [1.29, 1.82) is 0 Å². The normalized spacial score (nSPS) is 18.9. The van der Waals surface area contributed by atoms with Gasteiger partial charge < -0.3 is 15.5 Å². The Morgan fingerprint density at radius 1 is 1.06 bits per heavy atom. The van der Waals surface area contributed by atoms with Gasteiger partial charge in [-0.2, -0.15) is 0 Å². The van der Waals surface area contributed by atoms with Crippen LogP contribution < -0.4 is 10.6 Å². The molecule has 0 spiro atoms. The molecule has 1 atom stereocenters. The number of rotatable bonds is 4. The van der Waals surface area contributed by atoms with E-state index in [4.69, 9.17) is 5.73 Å². The Morgan fingerprint density at radius 3 is 2.17 bits per heavy atom. The quantitative estimate of drug-likeness (QED) is 0.885. The molecule has 1 aliphatic rings. The number of hydrogen-bond donors (Lipinski definition) is 1. The zero-order chi connectivity index (χ0) is 13.0. The molecule has 0 radical (unpaired) electrons. The summed E-state index contributed by atoms with van der Waals surface area (Å²) >= 11 is 0. The van der Waals surface area contributed by atoms with Crippen LogP contribution in [0.4, 0.5) is 5.69 Å². The van der Waals surface area contributed by atoms with Gasteiger partial charge >= 0.3 is 0 Å². The first kappa shape index (κ1) is 13.4. The van der Waals surface area contributed by atoms with Gasteiger partial charge in [-0.05, 0) is 30.7 Å².